The number of hydrogen-bond donors (Lipinski definition) is 0. The minimum Gasteiger partial charge on any atom is -0.493 e. The predicted molar refractivity (Wildman–Crippen MR) is 87.4 cm³/mol. The molecule has 110 valence electrons. The lowest BCUT2D eigenvalue weighted by Crippen LogP contribution is -2.17. The molecule has 0 amide bonds. The number of hydrogen-bond acceptors (Lipinski definition) is 1. The summed E-state index contributed by atoms with van der Waals surface area (Å²) in [5.41, 5.74) is 2.84. The smallest absolute Gasteiger partial charge is 0.123 e. The van der Waals surface area contributed by atoms with Crippen molar-refractivity contribution in [1.82, 2.24) is 0 Å². The Balaban J connectivity index is 3.03. The highest BCUT2D eigenvalue weighted by molar-refractivity contribution is 5.43. The minimum absolute atomic E-state index is 0.0721. The van der Waals surface area contributed by atoms with Crippen LogP contribution in [0.3, 0.4) is 0 Å². The largest absolute Gasteiger partial charge is 0.493 e. The van der Waals surface area contributed by atoms with Gasteiger partial charge in [-0.3, -0.25) is 0 Å². The molecule has 1 aromatic rings. The fourth-order valence-corrected chi connectivity index (χ4v) is 2.06. The molecule has 0 atom stereocenters. The Morgan fingerprint density at radius 3 is 2.20 bits per heavy atom. The zero-order chi connectivity index (χ0) is 15.4. The van der Waals surface area contributed by atoms with E-state index in [4.69, 9.17) is 11.2 Å². The summed E-state index contributed by atoms with van der Waals surface area (Å²) in [7, 11) is 0. The van der Waals surface area contributed by atoms with Crippen LogP contribution >= 0.6 is 0 Å². The van der Waals surface area contributed by atoms with Gasteiger partial charge in [-0.25, -0.2) is 0 Å². The van der Waals surface area contributed by atoms with Crippen molar-refractivity contribution in [3.05, 3.63) is 29.3 Å². The SMILES string of the molecule is C#CCCCOc1ccc(C(C)(C)C)cc1C(C)(C)C. The molecule has 0 aliphatic heterocycles. The van der Waals surface area contributed by atoms with Crippen LogP contribution in [0, 0.1) is 12.3 Å². The van der Waals surface area contributed by atoms with Crippen LogP contribution in [0.25, 0.3) is 0 Å². The van der Waals surface area contributed by atoms with Crippen molar-refractivity contribution in [3.63, 3.8) is 0 Å². The van der Waals surface area contributed by atoms with E-state index in [0.717, 1.165) is 18.6 Å². The topological polar surface area (TPSA) is 9.23 Å². The molecule has 0 heterocycles. The maximum absolute atomic E-state index is 5.94. The maximum Gasteiger partial charge on any atom is 0.123 e. The molecule has 0 spiro atoms. The summed E-state index contributed by atoms with van der Waals surface area (Å²) in [6.07, 6.45) is 6.94. The van der Waals surface area contributed by atoms with Crippen molar-refractivity contribution in [2.24, 2.45) is 0 Å². The van der Waals surface area contributed by atoms with E-state index in [9.17, 15) is 0 Å². The average Bonchev–Trinajstić information content (AvgIpc) is 2.32. The van der Waals surface area contributed by atoms with Gasteiger partial charge in [0.15, 0.2) is 0 Å². The summed E-state index contributed by atoms with van der Waals surface area (Å²) in [5, 5.41) is 0. The average molecular weight is 272 g/mol. The predicted octanol–water partition coefficient (Wildman–Crippen LogP) is 5.07. The molecule has 1 aromatic carbocycles. The van der Waals surface area contributed by atoms with Crippen molar-refractivity contribution in [2.45, 2.75) is 65.2 Å². The van der Waals surface area contributed by atoms with Crippen molar-refractivity contribution in [1.29, 1.82) is 0 Å². The van der Waals surface area contributed by atoms with Crippen LogP contribution in [0.5, 0.6) is 5.75 Å². The summed E-state index contributed by atoms with van der Waals surface area (Å²) in [5.74, 6) is 3.64. The third-order valence-electron chi connectivity index (χ3n) is 3.38. The van der Waals surface area contributed by atoms with Gasteiger partial charge in [0.05, 0.1) is 6.61 Å². The lowest BCUT2D eigenvalue weighted by Gasteiger charge is -2.27. The van der Waals surface area contributed by atoms with Gasteiger partial charge in [0.25, 0.3) is 0 Å². The first-order valence-corrected chi connectivity index (χ1v) is 7.37. The summed E-state index contributed by atoms with van der Waals surface area (Å²) in [4.78, 5) is 0. The first-order valence-electron chi connectivity index (χ1n) is 7.37. The second-order valence-electron chi connectivity index (χ2n) is 7.37. The fraction of sp³-hybridized carbons (Fsp3) is 0.579. The molecular weight excluding hydrogens is 244 g/mol. The Bertz CT molecular complexity index is 478. The van der Waals surface area contributed by atoms with Crippen molar-refractivity contribution >= 4 is 0 Å². The van der Waals surface area contributed by atoms with Crippen LogP contribution in [-0.4, -0.2) is 6.61 Å². The number of benzene rings is 1. The second kappa shape index (κ2) is 6.35. The third-order valence-corrected chi connectivity index (χ3v) is 3.38. The van der Waals surface area contributed by atoms with E-state index in [1.165, 1.54) is 11.1 Å². The zero-order valence-electron chi connectivity index (χ0n) is 13.8. The molecule has 0 aliphatic rings. The van der Waals surface area contributed by atoms with Crippen molar-refractivity contribution < 1.29 is 4.74 Å². The molecule has 0 aromatic heterocycles. The first kappa shape index (κ1) is 16.6. The molecule has 0 fully saturated rings. The van der Waals surface area contributed by atoms with Gasteiger partial charge in [-0.15, -0.1) is 12.3 Å². The molecule has 0 aliphatic carbocycles. The zero-order valence-corrected chi connectivity index (χ0v) is 13.8. The fourth-order valence-electron chi connectivity index (χ4n) is 2.06. The van der Waals surface area contributed by atoms with Gasteiger partial charge < -0.3 is 4.74 Å². The highest BCUT2D eigenvalue weighted by Gasteiger charge is 2.22. The number of unbranched alkanes of at least 4 members (excludes halogenated alkanes) is 1. The summed E-state index contributed by atoms with van der Waals surface area (Å²) >= 11 is 0. The van der Waals surface area contributed by atoms with Gasteiger partial charge in [0.2, 0.25) is 0 Å². The third kappa shape index (κ3) is 4.60. The van der Waals surface area contributed by atoms with Gasteiger partial charge in [0.1, 0.15) is 5.75 Å². The summed E-state index contributed by atoms with van der Waals surface area (Å²) in [6, 6.07) is 6.57. The van der Waals surface area contributed by atoms with Gasteiger partial charge >= 0.3 is 0 Å². The highest BCUT2D eigenvalue weighted by atomic mass is 16.5. The van der Waals surface area contributed by atoms with Crippen molar-refractivity contribution in [2.75, 3.05) is 6.61 Å². The lowest BCUT2D eigenvalue weighted by molar-refractivity contribution is 0.304. The van der Waals surface area contributed by atoms with E-state index in [0.29, 0.717) is 6.61 Å². The normalized spacial score (nSPS) is 12.1. The molecule has 1 nitrogen and oxygen atoms in total. The van der Waals surface area contributed by atoms with E-state index < -0.39 is 0 Å². The monoisotopic (exact) mass is 272 g/mol. The molecule has 0 radical (unpaired) electrons. The van der Waals surface area contributed by atoms with Crippen LogP contribution in [-0.2, 0) is 10.8 Å². The number of rotatable bonds is 4. The Morgan fingerprint density at radius 1 is 1.05 bits per heavy atom. The molecule has 1 rings (SSSR count). The van der Waals surface area contributed by atoms with Crippen LogP contribution in [0.15, 0.2) is 18.2 Å². The maximum atomic E-state index is 5.94. The van der Waals surface area contributed by atoms with Crippen LogP contribution in [0.4, 0.5) is 0 Å². The van der Waals surface area contributed by atoms with Crippen LogP contribution in [0.1, 0.15) is 65.5 Å². The molecular formula is C19H28O. The van der Waals surface area contributed by atoms with E-state index in [-0.39, 0.29) is 10.8 Å². The number of ether oxygens (including phenoxy) is 1. The molecule has 1 heteroatoms. The van der Waals surface area contributed by atoms with Gasteiger partial charge in [-0.1, -0.05) is 53.7 Å². The Kier molecular flexibility index (Phi) is 5.28. The Labute approximate surface area is 124 Å². The summed E-state index contributed by atoms with van der Waals surface area (Å²) < 4.78 is 5.94. The van der Waals surface area contributed by atoms with Crippen molar-refractivity contribution in [3.8, 4) is 18.1 Å². The standard InChI is InChI=1S/C19H28O/c1-8-9-10-13-20-17-12-11-15(18(2,3)4)14-16(17)19(5,6)7/h1,11-12,14H,9-10,13H2,2-7H3. The Hall–Kier alpha value is -1.42. The first-order chi connectivity index (χ1) is 9.16. The minimum atomic E-state index is 0.0721. The van der Waals surface area contributed by atoms with E-state index in [2.05, 4.69) is 65.7 Å². The van der Waals surface area contributed by atoms with Crippen LogP contribution in [0.2, 0.25) is 0 Å². The second-order valence-corrected chi connectivity index (χ2v) is 7.37. The molecule has 0 saturated heterocycles. The molecule has 0 unspecified atom stereocenters. The number of terminal acetylenes is 1. The van der Waals surface area contributed by atoms with E-state index in [1.54, 1.807) is 0 Å². The highest BCUT2D eigenvalue weighted by Crippen LogP contribution is 2.35. The Morgan fingerprint density at radius 2 is 1.70 bits per heavy atom. The summed E-state index contributed by atoms with van der Waals surface area (Å²) in [6.45, 7) is 14.1. The molecule has 20 heavy (non-hydrogen) atoms. The molecule has 0 bridgehead atoms. The van der Waals surface area contributed by atoms with Gasteiger partial charge in [-0.05, 0) is 34.4 Å². The van der Waals surface area contributed by atoms with Gasteiger partial charge in [-0.2, -0.15) is 0 Å². The van der Waals surface area contributed by atoms with E-state index >= 15 is 0 Å². The van der Waals surface area contributed by atoms with E-state index in [1.807, 2.05) is 0 Å². The quantitative estimate of drug-likeness (QED) is 0.549. The molecule has 0 saturated carbocycles. The van der Waals surface area contributed by atoms with Gasteiger partial charge in [0, 0.05) is 6.42 Å². The molecule has 0 N–H and O–H groups in total. The van der Waals surface area contributed by atoms with Crippen LogP contribution < -0.4 is 4.74 Å². The lowest BCUT2D eigenvalue weighted by atomic mass is 9.80.